The fourth-order valence-corrected chi connectivity index (χ4v) is 6.42. The van der Waals surface area contributed by atoms with Crippen LogP contribution in [0.5, 0.6) is 11.5 Å². The van der Waals surface area contributed by atoms with E-state index >= 15 is 0 Å². The Morgan fingerprint density at radius 1 is 1.10 bits per heavy atom. The van der Waals surface area contributed by atoms with Gasteiger partial charge in [0.2, 0.25) is 6.79 Å². The second-order valence-electron chi connectivity index (χ2n) is 9.82. The quantitative estimate of drug-likeness (QED) is 0.330. The second-order valence-corrected chi connectivity index (χ2v) is 11.5. The van der Waals surface area contributed by atoms with Gasteiger partial charge in [-0.3, -0.25) is 23.8 Å². The zero-order valence-corrected chi connectivity index (χ0v) is 23.5. The summed E-state index contributed by atoms with van der Waals surface area (Å²) in [5.41, 5.74) is 2.93. The molecule has 0 radical (unpaired) electrons. The maximum Gasteiger partial charge on any atom is 0.267 e. The number of piperazine rings is 1. The minimum atomic E-state index is -0.192. The molecule has 9 nitrogen and oxygen atoms in total. The van der Waals surface area contributed by atoms with E-state index < -0.39 is 0 Å². The Balaban J connectivity index is 1.29. The predicted molar refractivity (Wildman–Crippen MR) is 156 cm³/mol. The SMILES string of the molecule is CCCN1C(=O)C(=Cc2c(N3CCN(Cc4ccc5c(c4)OCO5)CC3)nc3c(C)cccn3c2=O)SC1=S. The summed E-state index contributed by atoms with van der Waals surface area (Å²) in [5.74, 6) is 2.03. The van der Waals surface area contributed by atoms with Gasteiger partial charge >= 0.3 is 0 Å². The molecule has 0 spiro atoms. The number of ether oxygens (including phenoxy) is 2. The lowest BCUT2D eigenvalue weighted by molar-refractivity contribution is -0.122. The Hall–Kier alpha value is -3.41. The number of hydrogen-bond donors (Lipinski definition) is 0. The third-order valence-corrected chi connectivity index (χ3v) is 8.55. The van der Waals surface area contributed by atoms with Crippen LogP contribution in [0.3, 0.4) is 0 Å². The highest BCUT2D eigenvalue weighted by Gasteiger charge is 2.32. The molecule has 202 valence electrons. The van der Waals surface area contributed by atoms with Crippen LogP contribution in [-0.4, -0.2) is 68.9 Å². The molecule has 11 heteroatoms. The minimum Gasteiger partial charge on any atom is -0.454 e. The van der Waals surface area contributed by atoms with Crippen molar-refractivity contribution in [2.75, 3.05) is 44.4 Å². The highest BCUT2D eigenvalue weighted by Crippen LogP contribution is 2.35. The van der Waals surface area contributed by atoms with E-state index in [1.165, 1.54) is 17.3 Å². The summed E-state index contributed by atoms with van der Waals surface area (Å²) in [6.07, 6.45) is 4.22. The topological polar surface area (TPSA) is 79.6 Å². The number of carbonyl (C=O) groups is 1. The van der Waals surface area contributed by atoms with Crippen molar-refractivity contribution in [3.05, 3.63) is 68.5 Å². The number of aromatic nitrogens is 2. The van der Waals surface area contributed by atoms with Crippen molar-refractivity contribution in [3.63, 3.8) is 0 Å². The standard InChI is InChI=1S/C28H29N5O4S2/c1-3-8-33-27(35)23(39-28(33)38)15-20-25(29-24-18(2)5-4-9-32(24)26(20)34)31-12-10-30(11-13-31)16-19-6-7-21-22(14-19)37-17-36-21/h4-7,9,14-15H,3,8,10-13,16-17H2,1-2H3. The molecule has 39 heavy (non-hydrogen) atoms. The molecule has 3 aliphatic heterocycles. The number of pyridine rings is 1. The van der Waals surface area contributed by atoms with Gasteiger partial charge in [0.1, 0.15) is 15.8 Å². The monoisotopic (exact) mass is 563 g/mol. The summed E-state index contributed by atoms with van der Waals surface area (Å²) in [4.78, 5) is 38.5. The number of fused-ring (bicyclic) bond motifs is 2. The van der Waals surface area contributed by atoms with Crippen molar-refractivity contribution in [3.8, 4) is 11.5 Å². The van der Waals surface area contributed by atoms with Crippen LogP contribution in [-0.2, 0) is 11.3 Å². The van der Waals surface area contributed by atoms with Crippen LogP contribution < -0.4 is 19.9 Å². The fourth-order valence-electron chi connectivity index (χ4n) is 5.13. The first-order valence-corrected chi connectivity index (χ1v) is 14.3. The van der Waals surface area contributed by atoms with Gasteiger partial charge in [-0.25, -0.2) is 4.98 Å². The van der Waals surface area contributed by atoms with Crippen molar-refractivity contribution in [2.45, 2.75) is 26.8 Å². The predicted octanol–water partition coefficient (Wildman–Crippen LogP) is 3.67. The minimum absolute atomic E-state index is 0.153. The average molecular weight is 564 g/mol. The molecule has 0 atom stereocenters. The second kappa shape index (κ2) is 10.6. The van der Waals surface area contributed by atoms with Gasteiger partial charge in [-0.05, 0) is 48.7 Å². The number of thiocarbonyl (C=S) groups is 1. The molecule has 0 bridgehead atoms. The van der Waals surface area contributed by atoms with Crippen molar-refractivity contribution in [1.82, 2.24) is 19.2 Å². The number of rotatable bonds is 6. The van der Waals surface area contributed by atoms with Gasteiger partial charge in [0.05, 0.1) is 10.5 Å². The van der Waals surface area contributed by atoms with Gasteiger partial charge in [-0.15, -0.1) is 0 Å². The first-order valence-electron chi connectivity index (χ1n) is 13.1. The van der Waals surface area contributed by atoms with Crippen molar-refractivity contribution < 1.29 is 14.3 Å². The molecule has 6 rings (SSSR count). The zero-order chi connectivity index (χ0) is 27.1. The smallest absolute Gasteiger partial charge is 0.267 e. The van der Waals surface area contributed by atoms with Crippen molar-refractivity contribution >= 4 is 51.7 Å². The van der Waals surface area contributed by atoms with Gasteiger partial charge in [0.15, 0.2) is 11.5 Å². The number of carbonyl (C=O) groups excluding carboxylic acids is 1. The maximum atomic E-state index is 13.8. The van der Waals surface area contributed by atoms with Crippen LogP contribution in [0.2, 0.25) is 0 Å². The molecule has 0 saturated carbocycles. The molecule has 1 amide bonds. The van der Waals surface area contributed by atoms with E-state index in [1.807, 2.05) is 38.1 Å². The lowest BCUT2D eigenvalue weighted by Gasteiger charge is -2.36. The first-order chi connectivity index (χ1) is 18.9. The Kier molecular flexibility index (Phi) is 7.05. The van der Waals surface area contributed by atoms with Crippen LogP contribution in [0.1, 0.15) is 30.0 Å². The van der Waals surface area contributed by atoms with Gasteiger partial charge < -0.3 is 14.4 Å². The van der Waals surface area contributed by atoms with Crippen molar-refractivity contribution in [2.24, 2.45) is 0 Å². The van der Waals surface area contributed by atoms with E-state index in [1.54, 1.807) is 21.6 Å². The fraction of sp³-hybridized carbons (Fsp3) is 0.357. The molecule has 5 heterocycles. The zero-order valence-electron chi connectivity index (χ0n) is 21.9. The molecule has 1 aromatic carbocycles. The Morgan fingerprint density at radius 3 is 2.69 bits per heavy atom. The molecule has 3 aromatic rings. The maximum absolute atomic E-state index is 13.8. The van der Waals surface area contributed by atoms with E-state index in [0.717, 1.165) is 43.1 Å². The average Bonchev–Trinajstić information content (AvgIpc) is 3.51. The Morgan fingerprint density at radius 2 is 1.90 bits per heavy atom. The van der Waals surface area contributed by atoms with Gasteiger partial charge in [0.25, 0.3) is 11.5 Å². The highest BCUT2D eigenvalue weighted by atomic mass is 32.2. The van der Waals surface area contributed by atoms with Crippen LogP contribution in [0.4, 0.5) is 5.82 Å². The molecular weight excluding hydrogens is 534 g/mol. The Labute approximate surface area is 236 Å². The molecule has 3 aliphatic rings. The summed E-state index contributed by atoms with van der Waals surface area (Å²) in [6.45, 7) is 8.61. The lowest BCUT2D eigenvalue weighted by atomic mass is 10.1. The number of thioether (sulfide) groups is 1. The summed E-state index contributed by atoms with van der Waals surface area (Å²) in [6, 6.07) is 9.85. The van der Waals surface area contributed by atoms with E-state index in [2.05, 4.69) is 15.9 Å². The molecule has 0 unspecified atom stereocenters. The summed E-state index contributed by atoms with van der Waals surface area (Å²) in [5, 5.41) is 0. The van der Waals surface area contributed by atoms with E-state index in [4.69, 9.17) is 26.7 Å². The number of hydrogen-bond acceptors (Lipinski definition) is 9. The van der Waals surface area contributed by atoms with Crippen LogP contribution in [0, 0.1) is 6.92 Å². The van der Waals surface area contributed by atoms with E-state index in [9.17, 15) is 9.59 Å². The third-order valence-electron chi connectivity index (χ3n) is 7.18. The summed E-state index contributed by atoms with van der Waals surface area (Å²) in [7, 11) is 0. The van der Waals surface area contributed by atoms with Crippen LogP contribution in [0.25, 0.3) is 11.7 Å². The molecular formula is C28H29N5O4S2. The molecule has 2 aromatic heterocycles. The molecule has 2 fully saturated rings. The van der Waals surface area contributed by atoms with Gasteiger partial charge in [0, 0.05) is 45.5 Å². The largest absolute Gasteiger partial charge is 0.454 e. The normalized spacial score (nSPS) is 18.7. The summed E-state index contributed by atoms with van der Waals surface area (Å²) >= 11 is 6.70. The van der Waals surface area contributed by atoms with E-state index in [0.29, 0.717) is 45.9 Å². The number of nitrogens with zero attached hydrogens (tertiary/aromatic N) is 5. The van der Waals surface area contributed by atoms with Crippen LogP contribution in [0.15, 0.2) is 46.2 Å². The van der Waals surface area contributed by atoms with Gasteiger partial charge in [-0.1, -0.05) is 43.0 Å². The van der Waals surface area contributed by atoms with Gasteiger partial charge in [-0.2, -0.15) is 0 Å². The lowest BCUT2D eigenvalue weighted by Crippen LogP contribution is -2.47. The summed E-state index contributed by atoms with van der Waals surface area (Å²) < 4.78 is 13.0. The number of amides is 1. The van der Waals surface area contributed by atoms with Crippen LogP contribution >= 0.6 is 24.0 Å². The highest BCUT2D eigenvalue weighted by molar-refractivity contribution is 8.26. The van der Waals surface area contributed by atoms with E-state index in [-0.39, 0.29) is 18.3 Å². The Bertz CT molecular complexity index is 1560. The molecule has 0 N–H and O–H groups in total. The third kappa shape index (κ3) is 4.90. The first kappa shape index (κ1) is 25.8. The van der Waals surface area contributed by atoms with Crippen molar-refractivity contribution in [1.29, 1.82) is 0 Å². The number of aryl methyl sites for hydroxylation is 1. The number of anilines is 1. The number of benzene rings is 1. The molecule has 0 aliphatic carbocycles. The molecule has 2 saturated heterocycles.